The van der Waals surface area contributed by atoms with E-state index >= 15 is 0 Å². The molecule has 2 rings (SSSR count). The largest absolute Gasteiger partial charge is 0.268 e. The summed E-state index contributed by atoms with van der Waals surface area (Å²) in [7, 11) is 0. The number of nitriles is 1. The maximum absolute atomic E-state index is 9.32. The van der Waals surface area contributed by atoms with Crippen LogP contribution in [0.1, 0.15) is 52.5 Å². The Morgan fingerprint density at radius 2 is 2.22 bits per heavy atom. The maximum Gasteiger partial charge on any atom is 0.0688 e. The molecular weight excluding hydrogens is 222 g/mol. The van der Waals surface area contributed by atoms with E-state index < -0.39 is 0 Å². The first-order valence-corrected chi connectivity index (χ1v) is 6.97. The third-order valence-corrected chi connectivity index (χ3v) is 4.86. The van der Waals surface area contributed by atoms with Gasteiger partial charge < -0.3 is 0 Å². The Balaban J connectivity index is 2.18. The van der Waals surface area contributed by atoms with Crippen molar-refractivity contribution in [2.75, 3.05) is 0 Å². The van der Waals surface area contributed by atoms with Gasteiger partial charge in [-0.05, 0) is 36.7 Å². The molecule has 1 aliphatic rings. The number of rotatable bonds is 3. The molecule has 0 aliphatic heterocycles. The second-order valence-electron chi connectivity index (χ2n) is 6.14. The summed E-state index contributed by atoms with van der Waals surface area (Å²) in [6.07, 6.45) is 8.27. The summed E-state index contributed by atoms with van der Waals surface area (Å²) in [5.41, 5.74) is 0.367. The molecule has 1 aromatic rings. The van der Waals surface area contributed by atoms with Gasteiger partial charge in [0.2, 0.25) is 0 Å². The van der Waals surface area contributed by atoms with Crippen molar-refractivity contribution in [3.8, 4) is 6.07 Å². The molecule has 0 bridgehead atoms. The average molecular weight is 245 g/mol. The zero-order valence-corrected chi connectivity index (χ0v) is 11.6. The second-order valence-corrected chi connectivity index (χ2v) is 6.14. The molecule has 0 aromatic carbocycles. The summed E-state index contributed by atoms with van der Waals surface area (Å²) in [4.78, 5) is 0. The lowest BCUT2D eigenvalue weighted by Crippen LogP contribution is -2.34. The van der Waals surface area contributed by atoms with Crippen LogP contribution in [0.25, 0.3) is 0 Å². The van der Waals surface area contributed by atoms with Crippen LogP contribution >= 0.6 is 0 Å². The van der Waals surface area contributed by atoms with Crippen LogP contribution in [0, 0.1) is 28.6 Å². The van der Waals surface area contributed by atoms with Crippen LogP contribution in [-0.2, 0) is 0 Å². The lowest BCUT2D eigenvalue weighted by molar-refractivity contribution is 0.0992. The highest BCUT2D eigenvalue weighted by Gasteiger charge is 2.38. The van der Waals surface area contributed by atoms with Crippen molar-refractivity contribution < 1.29 is 0 Å². The third-order valence-electron chi connectivity index (χ3n) is 4.86. The van der Waals surface area contributed by atoms with Crippen LogP contribution in [0.5, 0.6) is 0 Å². The summed E-state index contributed by atoms with van der Waals surface area (Å²) in [5.74, 6) is 0.815. The van der Waals surface area contributed by atoms with Crippen molar-refractivity contribution in [3.05, 3.63) is 18.5 Å². The first kappa shape index (κ1) is 13.1. The number of nitrogens with zero attached hydrogens (tertiary/aromatic N) is 3. The Labute approximate surface area is 110 Å². The van der Waals surface area contributed by atoms with Crippen molar-refractivity contribution in [2.45, 2.75) is 52.5 Å². The number of aromatic nitrogens is 2. The quantitative estimate of drug-likeness (QED) is 0.812. The van der Waals surface area contributed by atoms with Crippen LogP contribution in [0.15, 0.2) is 18.5 Å². The highest BCUT2D eigenvalue weighted by atomic mass is 15.3. The third kappa shape index (κ3) is 2.43. The standard InChI is InChI=1S/C15H23N3/c1-4-15(2,3)13-7-6-12(11-16)14(10-13)18-9-5-8-17-18/h5,8-9,12-14H,4,6-7,10H2,1-3H3. The van der Waals surface area contributed by atoms with E-state index in [1.165, 1.54) is 12.8 Å². The van der Waals surface area contributed by atoms with Crippen LogP contribution < -0.4 is 0 Å². The summed E-state index contributed by atoms with van der Waals surface area (Å²) >= 11 is 0. The van der Waals surface area contributed by atoms with Crippen molar-refractivity contribution in [1.82, 2.24) is 9.78 Å². The SMILES string of the molecule is CCC(C)(C)C1CCC(C#N)C(n2cccn2)C1. The predicted molar refractivity (Wildman–Crippen MR) is 71.8 cm³/mol. The minimum absolute atomic E-state index is 0.119. The Bertz CT molecular complexity index is 413. The first-order chi connectivity index (χ1) is 8.58. The first-order valence-electron chi connectivity index (χ1n) is 6.97. The normalized spacial score (nSPS) is 28.9. The molecule has 0 radical (unpaired) electrons. The molecule has 0 N–H and O–H groups in total. The lowest BCUT2D eigenvalue weighted by atomic mass is 9.66. The Kier molecular flexibility index (Phi) is 3.75. The Hall–Kier alpha value is -1.30. The van der Waals surface area contributed by atoms with E-state index in [-0.39, 0.29) is 12.0 Å². The van der Waals surface area contributed by atoms with Crippen LogP contribution in [-0.4, -0.2) is 9.78 Å². The van der Waals surface area contributed by atoms with Gasteiger partial charge >= 0.3 is 0 Å². The minimum Gasteiger partial charge on any atom is -0.268 e. The predicted octanol–water partition coefficient (Wildman–Crippen LogP) is 3.80. The summed E-state index contributed by atoms with van der Waals surface area (Å²) < 4.78 is 1.99. The van der Waals surface area contributed by atoms with Gasteiger partial charge in [0, 0.05) is 12.4 Å². The van der Waals surface area contributed by atoms with Gasteiger partial charge in [0.1, 0.15) is 0 Å². The van der Waals surface area contributed by atoms with E-state index in [1.807, 2.05) is 23.1 Å². The fourth-order valence-corrected chi connectivity index (χ4v) is 3.06. The second kappa shape index (κ2) is 5.14. The summed E-state index contributed by atoms with van der Waals surface area (Å²) in [6, 6.07) is 4.68. The fraction of sp³-hybridized carbons (Fsp3) is 0.733. The molecule has 1 heterocycles. The van der Waals surface area contributed by atoms with Crippen LogP contribution in [0.3, 0.4) is 0 Å². The highest BCUT2D eigenvalue weighted by Crippen LogP contribution is 2.45. The van der Waals surface area contributed by atoms with E-state index in [1.54, 1.807) is 0 Å². The summed E-state index contributed by atoms with van der Waals surface area (Å²) in [5, 5.41) is 13.7. The number of hydrogen-bond donors (Lipinski definition) is 0. The monoisotopic (exact) mass is 245 g/mol. The Morgan fingerprint density at radius 3 is 2.78 bits per heavy atom. The van der Waals surface area contributed by atoms with Gasteiger partial charge in [-0.3, -0.25) is 4.68 Å². The van der Waals surface area contributed by atoms with E-state index in [0.717, 1.165) is 12.8 Å². The number of hydrogen-bond acceptors (Lipinski definition) is 2. The van der Waals surface area contributed by atoms with E-state index in [0.29, 0.717) is 11.3 Å². The molecule has 3 heteroatoms. The van der Waals surface area contributed by atoms with Crippen molar-refractivity contribution in [1.29, 1.82) is 5.26 Å². The van der Waals surface area contributed by atoms with Gasteiger partial charge in [-0.25, -0.2) is 0 Å². The van der Waals surface area contributed by atoms with Crippen LogP contribution in [0.2, 0.25) is 0 Å². The molecule has 0 amide bonds. The molecule has 0 saturated heterocycles. The highest BCUT2D eigenvalue weighted by molar-refractivity contribution is 4.99. The fourth-order valence-electron chi connectivity index (χ4n) is 3.06. The molecule has 1 fully saturated rings. The van der Waals surface area contributed by atoms with Gasteiger partial charge in [-0.15, -0.1) is 0 Å². The van der Waals surface area contributed by atoms with Crippen LogP contribution in [0.4, 0.5) is 0 Å². The van der Waals surface area contributed by atoms with Crippen molar-refractivity contribution in [2.24, 2.45) is 17.3 Å². The molecule has 1 saturated carbocycles. The molecule has 18 heavy (non-hydrogen) atoms. The zero-order valence-electron chi connectivity index (χ0n) is 11.6. The Morgan fingerprint density at radius 1 is 1.44 bits per heavy atom. The van der Waals surface area contributed by atoms with Crippen molar-refractivity contribution >= 4 is 0 Å². The van der Waals surface area contributed by atoms with Gasteiger partial charge in [0.05, 0.1) is 18.0 Å². The van der Waals surface area contributed by atoms with E-state index in [2.05, 4.69) is 31.9 Å². The molecule has 0 spiro atoms. The van der Waals surface area contributed by atoms with Gasteiger partial charge in [0.25, 0.3) is 0 Å². The summed E-state index contributed by atoms with van der Waals surface area (Å²) in [6.45, 7) is 6.97. The lowest BCUT2D eigenvalue weighted by Gasteiger charge is -2.41. The maximum atomic E-state index is 9.32. The zero-order chi connectivity index (χ0) is 13.2. The molecule has 98 valence electrons. The minimum atomic E-state index is 0.119. The topological polar surface area (TPSA) is 41.6 Å². The molecule has 3 atom stereocenters. The molecule has 3 nitrogen and oxygen atoms in total. The average Bonchev–Trinajstić information content (AvgIpc) is 2.91. The van der Waals surface area contributed by atoms with E-state index in [9.17, 15) is 5.26 Å². The molecule has 1 aliphatic carbocycles. The van der Waals surface area contributed by atoms with Gasteiger partial charge in [-0.2, -0.15) is 10.4 Å². The van der Waals surface area contributed by atoms with E-state index in [4.69, 9.17) is 0 Å². The smallest absolute Gasteiger partial charge is 0.0688 e. The molecule has 1 aromatic heterocycles. The van der Waals surface area contributed by atoms with Crippen molar-refractivity contribution in [3.63, 3.8) is 0 Å². The molecular formula is C15H23N3. The molecule has 3 unspecified atom stereocenters. The van der Waals surface area contributed by atoms with Gasteiger partial charge in [0.15, 0.2) is 0 Å². The van der Waals surface area contributed by atoms with Gasteiger partial charge in [-0.1, -0.05) is 27.2 Å².